The minimum absolute atomic E-state index is 0.577. The molecule has 2 aromatic rings. The van der Waals surface area contributed by atoms with E-state index in [1.54, 1.807) is 0 Å². The topological polar surface area (TPSA) is 15.6 Å². The molecule has 1 aliphatic heterocycles. The average molecular weight is 464 g/mol. The molecule has 3 rings (SSSR count). The molecule has 1 aliphatic rings. The van der Waals surface area contributed by atoms with Crippen molar-refractivity contribution in [2.45, 2.75) is 38.1 Å². The van der Waals surface area contributed by atoms with Crippen LogP contribution in [0.15, 0.2) is 59.6 Å². The van der Waals surface area contributed by atoms with Gasteiger partial charge in [0.2, 0.25) is 0 Å². The van der Waals surface area contributed by atoms with Crippen LogP contribution >= 0.6 is 34.4 Å². The summed E-state index contributed by atoms with van der Waals surface area (Å²) < 4.78 is 1.15. The second kappa shape index (κ2) is 9.08. The first-order valence-corrected chi connectivity index (χ1v) is 11.2. The fourth-order valence-corrected chi connectivity index (χ4v) is 4.64. The maximum absolute atomic E-state index is 4.83. The lowest BCUT2D eigenvalue weighted by molar-refractivity contribution is 0.414. The van der Waals surface area contributed by atoms with Gasteiger partial charge < -0.3 is 4.90 Å². The Kier molecular flexibility index (Phi) is 6.82. The minimum atomic E-state index is 0.577. The Labute approximate surface area is 169 Å². The number of hydrogen-bond donors (Lipinski definition) is 0. The van der Waals surface area contributed by atoms with Crippen molar-refractivity contribution in [1.82, 2.24) is 4.90 Å². The van der Waals surface area contributed by atoms with Crippen LogP contribution in [0.4, 0.5) is 0 Å². The zero-order valence-corrected chi connectivity index (χ0v) is 17.8. The van der Waals surface area contributed by atoms with Crippen LogP contribution in [0, 0.1) is 0 Å². The SMILES string of the molecule is CC(C)c1ccc(CN(Cc2ccccc2)C2=NCC(CI)S2)cc1. The second-order valence-electron chi connectivity index (χ2n) is 6.76. The molecule has 0 amide bonds. The van der Waals surface area contributed by atoms with E-state index < -0.39 is 0 Å². The van der Waals surface area contributed by atoms with Crippen molar-refractivity contribution in [3.63, 3.8) is 0 Å². The van der Waals surface area contributed by atoms with Gasteiger partial charge in [0, 0.05) is 22.8 Å². The normalized spacial score (nSPS) is 17.0. The first-order chi connectivity index (χ1) is 12.2. The van der Waals surface area contributed by atoms with Gasteiger partial charge in [-0.1, -0.05) is 103 Å². The van der Waals surface area contributed by atoms with Gasteiger partial charge in [0.15, 0.2) is 5.17 Å². The van der Waals surface area contributed by atoms with Crippen molar-refractivity contribution in [2.75, 3.05) is 11.0 Å². The van der Waals surface area contributed by atoms with Crippen molar-refractivity contribution in [3.05, 3.63) is 71.3 Å². The lowest BCUT2D eigenvalue weighted by atomic mass is 10.0. The summed E-state index contributed by atoms with van der Waals surface area (Å²) in [5.74, 6) is 0.577. The molecule has 2 nitrogen and oxygen atoms in total. The molecule has 0 saturated heterocycles. The molecular formula is C21H25IN2S. The van der Waals surface area contributed by atoms with Gasteiger partial charge >= 0.3 is 0 Å². The summed E-state index contributed by atoms with van der Waals surface area (Å²) in [7, 11) is 0. The largest absolute Gasteiger partial charge is 0.343 e. The lowest BCUT2D eigenvalue weighted by Gasteiger charge is -2.25. The molecule has 1 atom stereocenters. The number of benzene rings is 2. The predicted molar refractivity (Wildman–Crippen MR) is 119 cm³/mol. The molecule has 0 N–H and O–H groups in total. The van der Waals surface area contributed by atoms with E-state index in [1.165, 1.54) is 21.9 Å². The van der Waals surface area contributed by atoms with E-state index in [-0.39, 0.29) is 0 Å². The van der Waals surface area contributed by atoms with Gasteiger partial charge in [0.25, 0.3) is 0 Å². The van der Waals surface area contributed by atoms with E-state index in [1.807, 2.05) is 11.8 Å². The molecule has 25 heavy (non-hydrogen) atoms. The van der Waals surface area contributed by atoms with E-state index in [0.717, 1.165) is 24.1 Å². The summed E-state index contributed by atoms with van der Waals surface area (Å²) in [5.41, 5.74) is 4.08. The fourth-order valence-electron chi connectivity index (χ4n) is 2.88. The monoisotopic (exact) mass is 464 g/mol. The number of alkyl halides is 1. The summed E-state index contributed by atoms with van der Waals surface area (Å²) in [6, 6.07) is 19.8. The van der Waals surface area contributed by atoms with Crippen molar-refractivity contribution in [3.8, 4) is 0 Å². The molecule has 0 aromatic heterocycles. The Morgan fingerprint density at radius 1 is 1.04 bits per heavy atom. The summed E-state index contributed by atoms with van der Waals surface area (Å²) in [6.45, 7) is 7.25. The fraction of sp³-hybridized carbons (Fsp3) is 0.381. The molecule has 0 saturated carbocycles. The Morgan fingerprint density at radius 2 is 1.68 bits per heavy atom. The molecule has 0 bridgehead atoms. The zero-order chi connectivity index (χ0) is 17.6. The van der Waals surface area contributed by atoms with Gasteiger partial charge in [0.1, 0.15) is 0 Å². The summed E-state index contributed by atoms with van der Waals surface area (Å²) >= 11 is 4.40. The molecular weight excluding hydrogens is 439 g/mol. The van der Waals surface area contributed by atoms with Crippen LogP contribution in [0.3, 0.4) is 0 Å². The number of amidine groups is 1. The van der Waals surface area contributed by atoms with Crippen LogP contribution in [-0.4, -0.2) is 26.3 Å². The standard InChI is InChI=1S/C21H25IN2S/c1-16(2)19-10-8-18(9-11-19)15-24(14-17-6-4-3-5-7-17)21-23-13-20(12-22)25-21/h3-11,16,20H,12-15H2,1-2H3. The van der Waals surface area contributed by atoms with Gasteiger partial charge in [0.05, 0.1) is 6.54 Å². The molecule has 2 aromatic carbocycles. The van der Waals surface area contributed by atoms with Crippen molar-refractivity contribution in [2.24, 2.45) is 4.99 Å². The minimum Gasteiger partial charge on any atom is -0.343 e. The third kappa shape index (κ3) is 5.23. The van der Waals surface area contributed by atoms with E-state index in [2.05, 4.69) is 95.9 Å². The highest BCUT2D eigenvalue weighted by molar-refractivity contribution is 14.1. The molecule has 0 fully saturated rings. The van der Waals surface area contributed by atoms with E-state index in [4.69, 9.17) is 4.99 Å². The Bertz CT molecular complexity index is 698. The van der Waals surface area contributed by atoms with Crippen LogP contribution in [0.1, 0.15) is 36.5 Å². The first kappa shape index (κ1) is 18.8. The molecule has 1 unspecified atom stereocenters. The molecule has 132 valence electrons. The molecule has 0 spiro atoms. The lowest BCUT2D eigenvalue weighted by Crippen LogP contribution is -2.27. The van der Waals surface area contributed by atoms with Gasteiger partial charge in [-0.25, -0.2) is 0 Å². The predicted octanol–water partition coefficient (Wildman–Crippen LogP) is 5.72. The van der Waals surface area contributed by atoms with E-state index >= 15 is 0 Å². The summed E-state index contributed by atoms with van der Waals surface area (Å²) in [6.07, 6.45) is 0. The number of halogens is 1. The highest BCUT2D eigenvalue weighted by Crippen LogP contribution is 2.27. The van der Waals surface area contributed by atoms with Gasteiger partial charge in [-0.15, -0.1) is 0 Å². The number of nitrogens with zero attached hydrogens (tertiary/aromatic N) is 2. The Morgan fingerprint density at radius 3 is 2.24 bits per heavy atom. The quantitative estimate of drug-likeness (QED) is 0.402. The molecule has 4 heteroatoms. The Balaban J connectivity index is 1.76. The van der Waals surface area contributed by atoms with Crippen LogP contribution in [-0.2, 0) is 13.1 Å². The maximum atomic E-state index is 4.83. The highest BCUT2D eigenvalue weighted by atomic mass is 127. The van der Waals surface area contributed by atoms with Crippen LogP contribution in [0.2, 0.25) is 0 Å². The number of rotatable bonds is 6. The average Bonchev–Trinajstić information content (AvgIpc) is 3.12. The number of thioether (sulfide) groups is 1. The van der Waals surface area contributed by atoms with E-state index in [9.17, 15) is 0 Å². The highest BCUT2D eigenvalue weighted by Gasteiger charge is 2.23. The van der Waals surface area contributed by atoms with Crippen molar-refractivity contribution in [1.29, 1.82) is 0 Å². The molecule has 0 radical (unpaired) electrons. The third-order valence-electron chi connectivity index (χ3n) is 4.38. The van der Waals surface area contributed by atoms with Crippen LogP contribution in [0.25, 0.3) is 0 Å². The number of aliphatic imine (C=N–C) groups is 1. The smallest absolute Gasteiger partial charge is 0.160 e. The summed E-state index contributed by atoms with van der Waals surface area (Å²) in [4.78, 5) is 7.25. The molecule has 1 heterocycles. The van der Waals surface area contributed by atoms with Gasteiger partial charge in [-0.3, -0.25) is 4.99 Å². The second-order valence-corrected chi connectivity index (χ2v) is 8.90. The van der Waals surface area contributed by atoms with Crippen molar-refractivity contribution < 1.29 is 0 Å². The molecule has 0 aliphatic carbocycles. The van der Waals surface area contributed by atoms with Crippen LogP contribution < -0.4 is 0 Å². The zero-order valence-electron chi connectivity index (χ0n) is 14.9. The van der Waals surface area contributed by atoms with Gasteiger partial charge in [-0.05, 0) is 22.6 Å². The van der Waals surface area contributed by atoms with Crippen molar-refractivity contribution >= 4 is 39.5 Å². The third-order valence-corrected chi connectivity index (χ3v) is 7.29. The van der Waals surface area contributed by atoms with Crippen LogP contribution in [0.5, 0.6) is 0 Å². The maximum Gasteiger partial charge on any atom is 0.160 e. The van der Waals surface area contributed by atoms with E-state index in [0.29, 0.717) is 11.2 Å². The first-order valence-electron chi connectivity index (χ1n) is 8.80. The summed E-state index contributed by atoms with van der Waals surface area (Å²) in [5, 5.41) is 1.82. The number of hydrogen-bond acceptors (Lipinski definition) is 3. The van der Waals surface area contributed by atoms with Gasteiger partial charge in [-0.2, -0.15) is 0 Å². The Hall–Kier alpha value is -1.01.